The number of methoxy groups -OCH3 is 3. The van der Waals surface area contributed by atoms with E-state index in [2.05, 4.69) is 15.3 Å². The molecule has 1 aliphatic heterocycles. The number of nitrogens with one attached hydrogen (secondary N) is 1. The zero-order valence-electron chi connectivity index (χ0n) is 27.7. The number of nitrogens with zero attached hydrogens (tertiary/aromatic N) is 4. The molecule has 0 saturated carbocycles. The fraction of sp³-hybridized carbons (Fsp3) is 0.297. The highest BCUT2D eigenvalue weighted by Crippen LogP contribution is 2.44. The summed E-state index contributed by atoms with van der Waals surface area (Å²) in [6, 6.07) is 27.3. The maximum atomic E-state index is 14.7. The molecular formula is C37H39N5O7. The van der Waals surface area contributed by atoms with Crippen molar-refractivity contribution < 1.29 is 33.6 Å². The van der Waals surface area contributed by atoms with Gasteiger partial charge in [-0.1, -0.05) is 47.6 Å². The van der Waals surface area contributed by atoms with Gasteiger partial charge in [-0.15, -0.1) is 0 Å². The van der Waals surface area contributed by atoms with Crippen LogP contribution in [-0.2, 0) is 22.4 Å². The molecule has 0 spiro atoms. The largest absolute Gasteiger partial charge is 0.497 e. The molecule has 254 valence electrons. The van der Waals surface area contributed by atoms with Crippen LogP contribution < -0.4 is 24.3 Å². The zero-order valence-corrected chi connectivity index (χ0v) is 27.7. The third-order valence-electron chi connectivity index (χ3n) is 8.18. The Balaban J connectivity index is 1.55. The molecule has 2 atom stereocenters. The van der Waals surface area contributed by atoms with Gasteiger partial charge < -0.3 is 34.1 Å². The van der Waals surface area contributed by atoms with Gasteiger partial charge in [0.2, 0.25) is 5.90 Å². The van der Waals surface area contributed by atoms with E-state index >= 15 is 0 Å². The predicted molar refractivity (Wildman–Crippen MR) is 185 cm³/mol. The molecule has 0 radical (unpaired) electrons. The quantitative estimate of drug-likeness (QED) is 0.0618. The van der Waals surface area contributed by atoms with E-state index in [1.165, 1.54) is 0 Å². The molecule has 1 amide bonds. The minimum atomic E-state index is -1.52. The van der Waals surface area contributed by atoms with E-state index < -0.39 is 11.6 Å². The zero-order chi connectivity index (χ0) is 34.6. The minimum Gasteiger partial charge on any atom is -0.497 e. The summed E-state index contributed by atoms with van der Waals surface area (Å²) >= 11 is 0. The number of amides is 1. The van der Waals surface area contributed by atoms with E-state index in [-0.39, 0.29) is 24.8 Å². The van der Waals surface area contributed by atoms with Crippen molar-refractivity contribution in [1.29, 1.82) is 0 Å². The summed E-state index contributed by atoms with van der Waals surface area (Å²) < 4.78 is 28.7. The Morgan fingerprint density at radius 3 is 2.49 bits per heavy atom. The molecule has 4 aromatic carbocycles. The molecular weight excluding hydrogens is 626 g/mol. The van der Waals surface area contributed by atoms with Gasteiger partial charge in [-0.3, -0.25) is 4.79 Å². The fourth-order valence-corrected chi connectivity index (χ4v) is 5.69. The number of carbonyl (C=O) groups excluding carboxylic acids is 1. The Morgan fingerprint density at radius 2 is 1.76 bits per heavy atom. The average Bonchev–Trinajstić information content (AvgIpc) is 3.53. The first kappa shape index (κ1) is 34.6. The Bertz CT molecular complexity index is 1820. The molecule has 4 aromatic rings. The van der Waals surface area contributed by atoms with E-state index in [9.17, 15) is 10.3 Å². The second-order valence-corrected chi connectivity index (χ2v) is 11.3. The van der Waals surface area contributed by atoms with Crippen molar-refractivity contribution in [3.05, 3.63) is 124 Å². The number of azide groups is 1. The van der Waals surface area contributed by atoms with E-state index in [0.717, 1.165) is 5.56 Å². The standard InChI is InChI=1S/C37H39N5O7/c1-45-30-10-6-9-27(23-30)34-37(24-28-8-4-5-11-31(28)41-42-38,36(44)39-19-18-25-12-17-32(46-2)33(22-25)47-3)40-35(49-34)26-13-15-29(16-14-26)48-21-7-20-43/h4-6,8-17,22-23,34,43H,7,18-21,24H2,1-3H3,(H,39,44)/t34-,37-/m1/s1. The number of carbonyl (C=O) groups is 1. The summed E-state index contributed by atoms with van der Waals surface area (Å²) in [6.45, 7) is 0.710. The Kier molecular flexibility index (Phi) is 11.6. The number of aliphatic imine (C=N–C) groups is 1. The highest BCUT2D eigenvalue weighted by Gasteiger charge is 2.53. The van der Waals surface area contributed by atoms with Crippen LogP contribution in [0.3, 0.4) is 0 Å². The molecule has 2 N–H and O–H groups in total. The van der Waals surface area contributed by atoms with Gasteiger partial charge in [0.05, 0.1) is 27.9 Å². The molecule has 0 saturated heterocycles. The maximum Gasteiger partial charge on any atom is 0.252 e. The van der Waals surface area contributed by atoms with Gasteiger partial charge in [0, 0.05) is 42.2 Å². The lowest BCUT2D eigenvalue weighted by atomic mass is 9.81. The molecule has 0 aromatic heterocycles. The number of ether oxygens (including phenoxy) is 5. The van der Waals surface area contributed by atoms with E-state index in [0.29, 0.717) is 71.4 Å². The lowest BCUT2D eigenvalue weighted by Gasteiger charge is -2.31. The van der Waals surface area contributed by atoms with Crippen LogP contribution in [0.1, 0.15) is 34.8 Å². The maximum absolute atomic E-state index is 14.7. The highest BCUT2D eigenvalue weighted by molar-refractivity contribution is 6.01. The van der Waals surface area contributed by atoms with Gasteiger partial charge in [-0.25, -0.2) is 4.99 Å². The first-order valence-electron chi connectivity index (χ1n) is 15.8. The van der Waals surface area contributed by atoms with Gasteiger partial charge in [-0.05, 0) is 77.2 Å². The van der Waals surface area contributed by atoms with Crippen LogP contribution in [-0.4, -0.2) is 63.5 Å². The number of aliphatic hydroxyl groups is 1. The molecule has 0 fully saturated rings. The second kappa shape index (κ2) is 16.4. The van der Waals surface area contributed by atoms with Gasteiger partial charge >= 0.3 is 0 Å². The average molecular weight is 666 g/mol. The Hall–Kier alpha value is -5.71. The lowest BCUT2D eigenvalue weighted by molar-refractivity contribution is -0.128. The summed E-state index contributed by atoms with van der Waals surface area (Å²) in [6.07, 6.45) is 0.216. The molecule has 0 bridgehead atoms. The first-order valence-corrected chi connectivity index (χ1v) is 15.8. The SMILES string of the molecule is COc1cccc([C@H]2OC(c3ccc(OCCCO)cc3)=N[C@@]2(Cc2ccccc2N=[N+]=[N-])C(=O)NCCc2ccc(OC)c(OC)c2)c1. The first-order chi connectivity index (χ1) is 23.9. The van der Waals surface area contributed by atoms with Gasteiger partial charge in [-0.2, -0.15) is 0 Å². The molecule has 12 heteroatoms. The molecule has 49 heavy (non-hydrogen) atoms. The third kappa shape index (κ3) is 8.06. The van der Waals surface area contributed by atoms with Crippen molar-refractivity contribution in [2.24, 2.45) is 10.1 Å². The summed E-state index contributed by atoms with van der Waals surface area (Å²) in [7, 11) is 4.73. The second-order valence-electron chi connectivity index (χ2n) is 11.3. The van der Waals surface area contributed by atoms with Gasteiger partial charge in [0.1, 0.15) is 11.5 Å². The fourth-order valence-electron chi connectivity index (χ4n) is 5.69. The van der Waals surface area contributed by atoms with E-state index in [1.54, 1.807) is 45.6 Å². The number of hydrogen-bond acceptors (Lipinski definition) is 9. The van der Waals surface area contributed by atoms with Crippen LogP contribution in [0.25, 0.3) is 10.4 Å². The molecule has 5 rings (SSSR count). The molecule has 1 heterocycles. The van der Waals surface area contributed by atoms with Crippen LogP contribution in [0.4, 0.5) is 5.69 Å². The highest BCUT2D eigenvalue weighted by atomic mass is 16.5. The van der Waals surface area contributed by atoms with Gasteiger partial charge in [0.25, 0.3) is 5.91 Å². The molecule has 0 aliphatic carbocycles. The summed E-state index contributed by atoms with van der Waals surface area (Å²) in [5, 5.41) is 16.1. The van der Waals surface area contributed by atoms with Crippen LogP contribution in [0, 0.1) is 0 Å². The Labute approximate surface area is 284 Å². The third-order valence-corrected chi connectivity index (χ3v) is 8.18. The van der Waals surface area contributed by atoms with Crippen molar-refractivity contribution >= 4 is 17.5 Å². The van der Waals surface area contributed by atoms with Crippen LogP contribution in [0.15, 0.2) is 101 Å². The predicted octanol–water partition coefficient (Wildman–Crippen LogP) is 6.27. The number of rotatable bonds is 16. The van der Waals surface area contributed by atoms with Crippen molar-refractivity contribution in [3.63, 3.8) is 0 Å². The molecule has 12 nitrogen and oxygen atoms in total. The minimum absolute atomic E-state index is 0.0373. The van der Waals surface area contributed by atoms with Crippen molar-refractivity contribution in [1.82, 2.24) is 5.32 Å². The summed E-state index contributed by atoms with van der Waals surface area (Å²) in [4.78, 5) is 22.7. The smallest absolute Gasteiger partial charge is 0.252 e. The molecule has 1 aliphatic rings. The normalized spacial score (nSPS) is 16.5. The number of benzene rings is 4. The van der Waals surface area contributed by atoms with Crippen molar-refractivity contribution in [2.45, 2.75) is 30.9 Å². The van der Waals surface area contributed by atoms with Crippen molar-refractivity contribution in [3.8, 4) is 23.0 Å². The monoisotopic (exact) mass is 665 g/mol. The summed E-state index contributed by atoms with van der Waals surface area (Å²) in [5.41, 5.74) is 11.1. The Morgan fingerprint density at radius 1 is 0.959 bits per heavy atom. The topological polar surface area (TPSA) is 157 Å². The molecule has 0 unspecified atom stereocenters. The van der Waals surface area contributed by atoms with Crippen LogP contribution in [0.5, 0.6) is 23.0 Å². The van der Waals surface area contributed by atoms with Crippen molar-refractivity contribution in [2.75, 3.05) is 41.1 Å². The van der Waals surface area contributed by atoms with Crippen LogP contribution in [0.2, 0.25) is 0 Å². The van der Waals surface area contributed by atoms with E-state index in [4.69, 9.17) is 33.8 Å². The van der Waals surface area contributed by atoms with Gasteiger partial charge in [0.15, 0.2) is 23.1 Å². The number of aliphatic hydroxyl groups excluding tert-OH is 1. The lowest BCUT2D eigenvalue weighted by Crippen LogP contribution is -2.50. The van der Waals surface area contributed by atoms with E-state index in [1.807, 2.05) is 66.7 Å². The summed E-state index contributed by atoms with van der Waals surface area (Å²) in [5.74, 6) is 2.34. The number of hydrogen-bond donors (Lipinski definition) is 2. The van der Waals surface area contributed by atoms with Crippen LogP contribution >= 0.6 is 0 Å².